The number of carbonyl (C=O) groups excluding carboxylic acids is 1. The highest BCUT2D eigenvalue weighted by atomic mass is 127. The Kier molecular flexibility index (Phi) is 9.82. The van der Waals surface area contributed by atoms with Gasteiger partial charge in [0.1, 0.15) is 12.4 Å². The molecular weight excluding hydrogens is 483 g/mol. The Labute approximate surface area is 188 Å². The Morgan fingerprint density at radius 2 is 1.97 bits per heavy atom. The maximum absolute atomic E-state index is 11.6. The van der Waals surface area contributed by atoms with Crippen LogP contribution in [0.15, 0.2) is 52.1 Å². The van der Waals surface area contributed by atoms with E-state index >= 15 is 0 Å². The van der Waals surface area contributed by atoms with Crippen molar-refractivity contribution in [2.24, 2.45) is 4.99 Å². The average molecular weight is 512 g/mol. The Morgan fingerprint density at radius 3 is 2.62 bits per heavy atom. The lowest BCUT2D eigenvalue weighted by Crippen LogP contribution is -2.38. The highest BCUT2D eigenvalue weighted by Gasteiger charge is 2.23. The number of benzene rings is 1. The number of anilines is 1. The normalized spacial score (nSPS) is 13.8. The molecule has 1 amide bonds. The number of unbranched alkanes of at least 4 members (excludes halogenated alkanes) is 1. The Morgan fingerprint density at radius 1 is 1.17 bits per heavy atom. The third-order valence-corrected chi connectivity index (χ3v) is 4.50. The van der Waals surface area contributed by atoms with Gasteiger partial charge in [-0.3, -0.25) is 4.90 Å². The Balaban J connectivity index is 0.00000300. The predicted octanol–water partition coefficient (Wildman–Crippen LogP) is 3.93. The molecule has 7 nitrogen and oxygen atoms in total. The molecule has 0 radical (unpaired) electrons. The van der Waals surface area contributed by atoms with Crippen molar-refractivity contribution in [3.8, 4) is 0 Å². The van der Waals surface area contributed by atoms with Crippen LogP contribution < -0.4 is 15.5 Å². The fourth-order valence-electron chi connectivity index (χ4n) is 2.90. The summed E-state index contributed by atoms with van der Waals surface area (Å²) in [5.41, 5.74) is 1.94. The number of carbonyl (C=O) groups is 1. The topological polar surface area (TPSA) is 79.1 Å². The minimum absolute atomic E-state index is 0. The summed E-state index contributed by atoms with van der Waals surface area (Å²) < 4.78 is 10.3. The highest BCUT2D eigenvalue weighted by Crippen LogP contribution is 2.19. The third-order valence-electron chi connectivity index (χ3n) is 4.50. The van der Waals surface area contributed by atoms with Crippen molar-refractivity contribution in [1.29, 1.82) is 0 Å². The zero-order valence-electron chi connectivity index (χ0n) is 16.7. The first-order valence-electron chi connectivity index (χ1n) is 9.84. The van der Waals surface area contributed by atoms with Gasteiger partial charge in [0, 0.05) is 25.2 Å². The van der Waals surface area contributed by atoms with Gasteiger partial charge >= 0.3 is 6.09 Å². The molecule has 1 aliphatic heterocycles. The van der Waals surface area contributed by atoms with Gasteiger partial charge in [0.25, 0.3) is 0 Å². The van der Waals surface area contributed by atoms with Crippen LogP contribution in [0.5, 0.6) is 0 Å². The van der Waals surface area contributed by atoms with Crippen LogP contribution in [0.2, 0.25) is 0 Å². The molecule has 8 heteroatoms. The van der Waals surface area contributed by atoms with Gasteiger partial charge in [-0.25, -0.2) is 9.79 Å². The fraction of sp³-hybridized carbons (Fsp3) is 0.429. The van der Waals surface area contributed by atoms with Crippen LogP contribution in [0, 0.1) is 0 Å². The largest absolute Gasteiger partial charge is 0.469 e. The molecule has 0 bridgehead atoms. The highest BCUT2D eigenvalue weighted by molar-refractivity contribution is 14.0. The maximum atomic E-state index is 11.6. The molecule has 0 unspecified atom stereocenters. The van der Waals surface area contributed by atoms with Crippen molar-refractivity contribution in [1.82, 2.24) is 10.6 Å². The van der Waals surface area contributed by atoms with Crippen molar-refractivity contribution in [2.75, 3.05) is 31.1 Å². The first-order valence-corrected chi connectivity index (χ1v) is 9.84. The predicted molar refractivity (Wildman–Crippen MR) is 125 cm³/mol. The van der Waals surface area contributed by atoms with Crippen molar-refractivity contribution in [2.45, 2.75) is 32.7 Å². The van der Waals surface area contributed by atoms with E-state index in [1.807, 2.05) is 36.4 Å². The van der Waals surface area contributed by atoms with E-state index in [0.717, 1.165) is 55.3 Å². The van der Waals surface area contributed by atoms with Crippen LogP contribution in [0.4, 0.5) is 10.5 Å². The number of guanidine groups is 1. The van der Waals surface area contributed by atoms with Crippen LogP contribution in [-0.4, -0.2) is 38.3 Å². The van der Waals surface area contributed by atoms with Crippen LogP contribution in [-0.2, 0) is 17.7 Å². The maximum Gasteiger partial charge on any atom is 0.414 e. The van der Waals surface area contributed by atoms with Gasteiger partial charge in [-0.15, -0.1) is 24.0 Å². The second-order valence-corrected chi connectivity index (χ2v) is 6.63. The van der Waals surface area contributed by atoms with Crippen LogP contribution in [0.25, 0.3) is 0 Å². The lowest BCUT2D eigenvalue weighted by atomic mass is 10.2. The monoisotopic (exact) mass is 512 g/mol. The number of cyclic esters (lactones) is 1. The first kappa shape index (κ1) is 23.1. The molecule has 1 saturated heterocycles. The molecule has 1 fully saturated rings. The van der Waals surface area contributed by atoms with Crippen LogP contribution >= 0.6 is 24.0 Å². The zero-order chi connectivity index (χ0) is 19.6. The number of hydrogen-bond donors (Lipinski definition) is 2. The van der Waals surface area contributed by atoms with Gasteiger partial charge in [-0.1, -0.05) is 25.5 Å². The minimum Gasteiger partial charge on any atom is -0.469 e. The summed E-state index contributed by atoms with van der Waals surface area (Å²) in [7, 11) is 0. The molecule has 3 rings (SSSR count). The van der Waals surface area contributed by atoms with Gasteiger partial charge in [0.15, 0.2) is 5.96 Å². The lowest BCUT2D eigenvalue weighted by Gasteiger charge is -2.13. The average Bonchev–Trinajstić information content (AvgIpc) is 3.38. The molecule has 1 aromatic carbocycles. The molecular formula is C21H29IN4O3. The minimum atomic E-state index is -0.283. The van der Waals surface area contributed by atoms with Crippen molar-refractivity contribution in [3.63, 3.8) is 0 Å². The fourth-order valence-corrected chi connectivity index (χ4v) is 2.90. The molecule has 29 heavy (non-hydrogen) atoms. The zero-order valence-corrected chi connectivity index (χ0v) is 19.1. The summed E-state index contributed by atoms with van der Waals surface area (Å²) >= 11 is 0. The summed E-state index contributed by atoms with van der Waals surface area (Å²) in [5, 5.41) is 6.73. The van der Waals surface area contributed by atoms with E-state index in [-0.39, 0.29) is 30.1 Å². The van der Waals surface area contributed by atoms with Gasteiger partial charge in [0.2, 0.25) is 0 Å². The SMILES string of the molecule is CCCCNC(=NCc1ccc(N2CCOC2=O)cc1)NCCc1ccco1.I. The number of aliphatic imine (C=N–C) groups is 1. The first-order chi connectivity index (χ1) is 13.8. The van der Waals surface area contributed by atoms with Crippen molar-refractivity contribution < 1.29 is 13.9 Å². The van der Waals surface area contributed by atoms with Crippen molar-refractivity contribution in [3.05, 3.63) is 54.0 Å². The molecule has 2 aromatic rings. The molecule has 2 heterocycles. The lowest BCUT2D eigenvalue weighted by molar-refractivity contribution is 0.181. The number of rotatable bonds is 9. The quantitative estimate of drug-likeness (QED) is 0.231. The third kappa shape index (κ3) is 7.26. The molecule has 0 atom stereocenters. The van der Waals surface area contributed by atoms with E-state index in [4.69, 9.17) is 9.15 Å². The van der Waals surface area contributed by atoms with E-state index in [1.165, 1.54) is 0 Å². The summed E-state index contributed by atoms with van der Waals surface area (Å²) in [6, 6.07) is 11.7. The summed E-state index contributed by atoms with van der Waals surface area (Å²) in [4.78, 5) is 18.0. The van der Waals surface area contributed by atoms with Crippen molar-refractivity contribution >= 4 is 41.7 Å². The number of nitrogens with zero attached hydrogens (tertiary/aromatic N) is 2. The van der Waals surface area contributed by atoms with Gasteiger partial charge in [-0.2, -0.15) is 0 Å². The number of nitrogens with one attached hydrogen (secondary N) is 2. The molecule has 158 valence electrons. The van der Waals surface area contributed by atoms with Gasteiger partial charge in [-0.05, 0) is 36.2 Å². The summed E-state index contributed by atoms with van der Waals surface area (Å²) in [6.07, 6.45) is 4.44. The number of furan rings is 1. The molecule has 2 N–H and O–H groups in total. The van der Waals surface area contributed by atoms with E-state index in [9.17, 15) is 4.79 Å². The van der Waals surface area contributed by atoms with Gasteiger partial charge in [0.05, 0.1) is 19.4 Å². The number of ether oxygens (including phenoxy) is 1. The molecule has 0 aliphatic carbocycles. The van der Waals surface area contributed by atoms with E-state index in [0.29, 0.717) is 19.7 Å². The standard InChI is InChI=1S/C21H28N4O3.HI/c1-2-3-11-22-20(23-12-10-19-5-4-14-27-19)24-16-17-6-8-18(9-7-17)25-13-15-28-21(25)26;/h4-9,14H,2-3,10-13,15-16H2,1H3,(H2,22,23,24);1H. The van der Waals surface area contributed by atoms with Gasteiger partial charge < -0.3 is 19.8 Å². The van der Waals surface area contributed by atoms with E-state index < -0.39 is 0 Å². The summed E-state index contributed by atoms with van der Waals surface area (Å²) in [5.74, 6) is 1.75. The Hall–Kier alpha value is -2.23. The van der Waals surface area contributed by atoms with E-state index in [1.54, 1.807) is 11.2 Å². The number of amides is 1. The molecule has 1 aromatic heterocycles. The molecule has 0 saturated carbocycles. The van der Waals surface area contributed by atoms with E-state index in [2.05, 4.69) is 22.5 Å². The molecule has 0 spiro atoms. The summed E-state index contributed by atoms with van der Waals surface area (Å²) in [6.45, 7) is 5.41. The van der Waals surface area contributed by atoms with Crippen LogP contribution in [0.3, 0.4) is 0 Å². The second-order valence-electron chi connectivity index (χ2n) is 6.63. The Bertz CT molecular complexity index is 763. The smallest absolute Gasteiger partial charge is 0.414 e. The number of halogens is 1. The number of hydrogen-bond acceptors (Lipinski definition) is 4. The van der Waals surface area contributed by atoms with Crippen LogP contribution in [0.1, 0.15) is 31.1 Å². The molecule has 1 aliphatic rings. The second kappa shape index (κ2) is 12.4.